The van der Waals surface area contributed by atoms with Gasteiger partial charge in [0.15, 0.2) is 5.82 Å². The first-order valence-electron chi connectivity index (χ1n) is 5.51. The smallest absolute Gasteiger partial charge is 0.318 e. The molecular weight excluding hydrogens is 226 g/mol. The molecule has 1 fully saturated rings. The van der Waals surface area contributed by atoms with E-state index in [-0.39, 0.29) is 0 Å². The molecule has 1 aliphatic rings. The van der Waals surface area contributed by atoms with E-state index >= 15 is 0 Å². The van der Waals surface area contributed by atoms with Gasteiger partial charge in [0.1, 0.15) is 5.02 Å². The lowest BCUT2D eigenvalue weighted by Crippen LogP contribution is -2.14. The Bertz CT molecular complexity index is 368. The second-order valence-corrected chi connectivity index (χ2v) is 4.66. The highest BCUT2D eigenvalue weighted by molar-refractivity contribution is 6.32. The van der Waals surface area contributed by atoms with Crippen LogP contribution < -0.4 is 10.1 Å². The van der Waals surface area contributed by atoms with Gasteiger partial charge in [0.25, 0.3) is 0 Å². The molecule has 0 aliphatic heterocycles. The average molecular weight is 242 g/mol. The summed E-state index contributed by atoms with van der Waals surface area (Å²) in [5, 5.41) is 3.78. The zero-order chi connectivity index (χ0) is 11.5. The van der Waals surface area contributed by atoms with E-state index in [1.807, 2.05) is 0 Å². The SMILES string of the molecule is COc1ncc(Cl)c(NCC(C)C2CC2)n1. The van der Waals surface area contributed by atoms with Gasteiger partial charge in [-0.1, -0.05) is 18.5 Å². The van der Waals surface area contributed by atoms with E-state index in [1.54, 1.807) is 13.3 Å². The Balaban J connectivity index is 1.96. The fourth-order valence-electron chi connectivity index (χ4n) is 1.66. The molecule has 0 aromatic carbocycles. The number of rotatable bonds is 5. The number of ether oxygens (including phenoxy) is 1. The Morgan fingerprint density at radius 2 is 2.38 bits per heavy atom. The largest absolute Gasteiger partial charge is 0.467 e. The molecule has 0 spiro atoms. The van der Waals surface area contributed by atoms with Crippen LogP contribution in [-0.4, -0.2) is 23.6 Å². The summed E-state index contributed by atoms with van der Waals surface area (Å²) in [7, 11) is 1.54. The highest BCUT2D eigenvalue weighted by Gasteiger charge is 2.27. The topological polar surface area (TPSA) is 47.0 Å². The maximum Gasteiger partial charge on any atom is 0.318 e. The zero-order valence-corrected chi connectivity index (χ0v) is 10.3. The maximum atomic E-state index is 5.99. The van der Waals surface area contributed by atoms with Crippen molar-refractivity contribution in [3.8, 4) is 6.01 Å². The van der Waals surface area contributed by atoms with Gasteiger partial charge >= 0.3 is 6.01 Å². The molecule has 4 nitrogen and oxygen atoms in total. The first kappa shape index (κ1) is 11.5. The molecule has 16 heavy (non-hydrogen) atoms. The molecule has 1 heterocycles. The summed E-state index contributed by atoms with van der Waals surface area (Å²) in [6, 6.07) is 0.339. The molecular formula is C11H16ClN3O. The van der Waals surface area contributed by atoms with Gasteiger partial charge < -0.3 is 10.1 Å². The lowest BCUT2D eigenvalue weighted by atomic mass is 10.1. The van der Waals surface area contributed by atoms with Crippen LogP contribution >= 0.6 is 11.6 Å². The number of hydrogen-bond acceptors (Lipinski definition) is 4. The number of hydrogen-bond donors (Lipinski definition) is 1. The Labute approximate surface area is 100 Å². The van der Waals surface area contributed by atoms with E-state index in [0.717, 1.165) is 12.5 Å². The molecule has 88 valence electrons. The molecule has 0 radical (unpaired) electrons. The van der Waals surface area contributed by atoms with Gasteiger partial charge in [-0.25, -0.2) is 4.98 Å². The minimum Gasteiger partial charge on any atom is -0.467 e. The molecule has 2 rings (SSSR count). The van der Waals surface area contributed by atoms with E-state index in [0.29, 0.717) is 22.8 Å². The van der Waals surface area contributed by atoms with E-state index in [4.69, 9.17) is 16.3 Å². The van der Waals surface area contributed by atoms with Crippen LogP contribution in [0.4, 0.5) is 5.82 Å². The van der Waals surface area contributed by atoms with Crippen LogP contribution in [0.25, 0.3) is 0 Å². The van der Waals surface area contributed by atoms with Crippen molar-refractivity contribution in [3.05, 3.63) is 11.2 Å². The summed E-state index contributed by atoms with van der Waals surface area (Å²) in [4.78, 5) is 8.09. The van der Waals surface area contributed by atoms with Crippen molar-refractivity contribution < 1.29 is 4.74 Å². The molecule has 1 saturated carbocycles. The van der Waals surface area contributed by atoms with Gasteiger partial charge in [-0.15, -0.1) is 0 Å². The van der Waals surface area contributed by atoms with Crippen LogP contribution in [0.5, 0.6) is 6.01 Å². The summed E-state index contributed by atoms with van der Waals surface area (Å²) in [5.41, 5.74) is 0. The van der Waals surface area contributed by atoms with Crippen molar-refractivity contribution in [1.29, 1.82) is 0 Å². The Morgan fingerprint density at radius 1 is 1.62 bits per heavy atom. The van der Waals surface area contributed by atoms with Gasteiger partial charge in [0, 0.05) is 6.54 Å². The Hall–Kier alpha value is -1.03. The predicted octanol–water partition coefficient (Wildman–Crippen LogP) is 2.60. The minimum absolute atomic E-state index is 0.339. The van der Waals surface area contributed by atoms with Crippen molar-refractivity contribution in [1.82, 2.24) is 9.97 Å². The van der Waals surface area contributed by atoms with Crippen LogP contribution in [-0.2, 0) is 0 Å². The van der Waals surface area contributed by atoms with Crippen LogP contribution in [0, 0.1) is 11.8 Å². The third-order valence-electron chi connectivity index (χ3n) is 2.92. The molecule has 0 bridgehead atoms. The fraction of sp³-hybridized carbons (Fsp3) is 0.636. The van der Waals surface area contributed by atoms with E-state index in [1.165, 1.54) is 12.8 Å². The van der Waals surface area contributed by atoms with Gasteiger partial charge in [-0.2, -0.15) is 4.98 Å². The Morgan fingerprint density at radius 3 is 3.00 bits per heavy atom. The molecule has 1 aromatic rings. The quantitative estimate of drug-likeness (QED) is 0.861. The molecule has 1 unspecified atom stereocenters. The lowest BCUT2D eigenvalue weighted by molar-refractivity contribution is 0.380. The number of methoxy groups -OCH3 is 1. The standard InChI is InChI=1S/C11H16ClN3O/c1-7(8-3-4-8)5-13-10-9(12)6-14-11(15-10)16-2/h6-8H,3-5H2,1-2H3,(H,13,14,15). The number of anilines is 1. The number of halogens is 1. The average Bonchev–Trinajstić information content (AvgIpc) is 3.11. The highest BCUT2D eigenvalue weighted by Crippen LogP contribution is 2.36. The molecule has 5 heteroatoms. The van der Waals surface area contributed by atoms with E-state index in [9.17, 15) is 0 Å². The molecule has 1 aliphatic carbocycles. The fourth-order valence-corrected chi connectivity index (χ4v) is 1.82. The molecule has 0 saturated heterocycles. The summed E-state index contributed by atoms with van der Waals surface area (Å²) >= 11 is 5.99. The number of nitrogens with zero attached hydrogens (tertiary/aromatic N) is 2. The van der Waals surface area contributed by atoms with Crippen molar-refractivity contribution in [2.24, 2.45) is 11.8 Å². The van der Waals surface area contributed by atoms with Crippen LogP contribution in [0.3, 0.4) is 0 Å². The summed E-state index contributed by atoms with van der Waals surface area (Å²) in [6.07, 6.45) is 4.25. The van der Waals surface area contributed by atoms with Crippen molar-refractivity contribution >= 4 is 17.4 Å². The minimum atomic E-state index is 0.339. The number of nitrogens with one attached hydrogen (secondary N) is 1. The van der Waals surface area contributed by atoms with Crippen LogP contribution in [0.15, 0.2) is 6.20 Å². The van der Waals surface area contributed by atoms with E-state index < -0.39 is 0 Å². The zero-order valence-electron chi connectivity index (χ0n) is 9.53. The third-order valence-corrected chi connectivity index (χ3v) is 3.20. The van der Waals surface area contributed by atoms with Gasteiger partial charge in [0.05, 0.1) is 13.3 Å². The van der Waals surface area contributed by atoms with Gasteiger partial charge in [-0.05, 0) is 24.7 Å². The van der Waals surface area contributed by atoms with Crippen molar-refractivity contribution in [2.45, 2.75) is 19.8 Å². The maximum absolute atomic E-state index is 5.99. The highest BCUT2D eigenvalue weighted by atomic mass is 35.5. The van der Waals surface area contributed by atoms with Crippen molar-refractivity contribution in [3.63, 3.8) is 0 Å². The monoisotopic (exact) mass is 241 g/mol. The first-order valence-corrected chi connectivity index (χ1v) is 5.89. The predicted molar refractivity (Wildman–Crippen MR) is 64.0 cm³/mol. The third kappa shape index (κ3) is 2.76. The second kappa shape index (κ2) is 4.87. The molecule has 0 amide bonds. The van der Waals surface area contributed by atoms with Crippen LogP contribution in [0.1, 0.15) is 19.8 Å². The van der Waals surface area contributed by atoms with Crippen LogP contribution in [0.2, 0.25) is 5.02 Å². The summed E-state index contributed by atoms with van der Waals surface area (Å²) < 4.78 is 4.96. The molecule has 1 atom stereocenters. The summed E-state index contributed by atoms with van der Waals surface area (Å²) in [6.45, 7) is 3.14. The Kier molecular flexibility index (Phi) is 3.49. The molecule has 1 aromatic heterocycles. The van der Waals surface area contributed by atoms with Gasteiger partial charge in [0.2, 0.25) is 0 Å². The first-order chi connectivity index (χ1) is 7.70. The summed E-state index contributed by atoms with van der Waals surface area (Å²) in [5.74, 6) is 2.19. The van der Waals surface area contributed by atoms with E-state index in [2.05, 4.69) is 22.2 Å². The molecule has 1 N–H and O–H groups in total. The second-order valence-electron chi connectivity index (χ2n) is 4.25. The lowest BCUT2D eigenvalue weighted by Gasteiger charge is -2.12. The normalized spacial score (nSPS) is 16.9. The number of aromatic nitrogens is 2. The van der Waals surface area contributed by atoms with Gasteiger partial charge in [-0.3, -0.25) is 0 Å². The van der Waals surface area contributed by atoms with Crippen molar-refractivity contribution in [2.75, 3.05) is 19.0 Å².